The molecule has 1 aromatic carbocycles. The number of carboxylic acid groups (broad SMARTS) is 1. The molecular weight excluding hydrogens is 316 g/mol. The fourth-order valence-corrected chi connectivity index (χ4v) is 2.74. The minimum absolute atomic E-state index is 0.147. The van der Waals surface area contributed by atoms with Gasteiger partial charge in [-0.15, -0.1) is 11.8 Å². The molecule has 0 fully saturated rings. The molecule has 7 heteroatoms. The van der Waals surface area contributed by atoms with Gasteiger partial charge in [0.05, 0.1) is 5.25 Å². The molecule has 0 heterocycles. The first-order valence-corrected chi connectivity index (χ1v) is 8.16. The van der Waals surface area contributed by atoms with Crippen molar-refractivity contribution in [1.29, 1.82) is 0 Å². The molecule has 0 spiro atoms. The molecule has 6 nitrogen and oxygen atoms in total. The van der Waals surface area contributed by atoms with Crippen LogP contribution in [-0.4, -0.2) is 34.2 Å². The van der Waals surface area contributed by atoms with Gasteiger partial charge >= 0.3 is 5.97 Å². The van der Waals surface area contributed by atoms with Gasteiger partial charge in [0.25, 0.3) is 0 Å². The van der Waals surface area contributed by atoms with Crippen LogP contribution < -0.4 is 10.6 Å². The molecule has 0 radical (unpaired) electrons. The third-order valence-electron chi connectivity index (χ3n) is 3.09. The van der Waals surface area contributed by atoms with Crippen LogP contribution in [0.2, 0.25) is 0 Å². The molecule has 0 aromatic heterocycles. The van der Waals surface area contributed by atoms with Crippen LogP contribution in [0, 0.1) is 5.92 Å². The highest BCUT2D eigenvalue weighted by Gasteiger charge is 2.26. The van der Waals surface area contributed by atoms with Gasteiger partial charge in [0, 0.05) is 17.5 Å². The highest BCUT2D eigenvalue weighted by atomic mass is 32.2. The summed E-state index contributed by atoms with van der Waals surface area (Å²) in [5.74, 6) is -1.69. The lowest BCUT2D eigenvalue weighted by Crippen LogP contribution is -2.46. The number of hydrogen-bond acceptors (Lipinski definition) is 4. The quantitative estimate of drug-likeness (QED) is 0.663. The van der Waals surface area contributed by atoms with Crippen LogP contribution in [-0.2, 0) is 14.4 Å². The summed E-state index contributed by atoms with van der Waals surface area (Å²) in [6.07, 6.45) is 0. The van der Waals surface area contributed by atoms with Crippen molar-refractivity contribution in [3.05, 3.63) is 24.3 Å². The Labute approximate surface area is 140 Å². The second kappa shape index (κ2) is 8.57. The number of amides is 2. The van der Waals surface area contributed by atoms with E-state index in [0.29, 0.717) is 5.69 Å². The summed E-state index contributed by atoms with van der Waals surface area (Å²) in [5, 5.41) is 13.9. The Morgan fingerprint density at radius 2 is 1.65 bits per heavy atom. The van der Waals surface area contributed by atoms with Crippen molar-refractivity contribution >= 4 is 35.2 Å². The highest BCUT2D eigenvalue weighted by Crippen LogP contribution is 2.25. The molecule has 126 valence electrons. The molecule has 1 unspecified atom stereocenters. The summed E-state index contributed by atoms with van der Waals surface area (Å²) >= 11 is 1.33. The summed E-state index contributed by atoms with van der Waals surface area (Å²) in [4.78, 5) is 35.1. The number of nitrogens with one attached hydrogen (secondary N) is 2. The Balaban J connectivity index is 2.64. The predicted molar refractivity (Wildman–Crippen MR) is 90.5 cm³/mol. The van der Waals surface area contributed by atoms with E-state index in [1.165, 1.54) is 18.7 Å². The smallest absolute Gasteiger partial charge is 0.326 e. The molecule has 3 N–H and O–H groups in total. The number of anilines is 1. The molecular formula is C16H22N2O4S. The number of aliphatic carboxylic acids is 1. The zero-order valence-corrected chi connectivity index (χ0v) is 14.4. The normalized spacial score (nSPS) is 13.3. The molecule has 2 amide bonds. The van der Waals surface area contributed by atoms with Gasteiger partial charge in [0.1, 0.15) is 6.04 Å². The predicted octanol–water partition coefficient (Wildman–Crippen LogP) is 2.35. The summed E-state index contributed by atoms with van der Waals surface area (Å²) in [5.41, 5.74) is 0.685. The lowest BCUT2D eigenvalue weighted by molar-refractivity contribution is -0.143. The van der Waals surface area contributed by atoms with E-state index >= 15 is 0 Å². The van der Waals surface area contributed by atoms with E-state index in [1.807, 2.05) is 0 Å². The molecule has 0 saturated carbocycles. The maximum atomic E-state index is 12.1. The van der Waals surface area contributed by atoms with Gasteiger partial charge in [-0.3, -0.25) is 9.59 Å². The zero-order valence-electron chi connectivity index (χ0n) is 13.6. The third kappa shape index (κ3) is 6.32. The average Bonchev–Trinajstić information content (AvgIpc) is 2.45. The average molecular weight is 338 g/mol. The zero-order chi connectivity index (χ0) is 17.6. The largest absolute Gasteiger partial charge is 0.480 e. The van der Waals surface area contributed by atoms with Gasteiger partial charge in [0.2, 0.25) is 11.8 Å². The highest BCUT2D eigenvalue weighted by molar-refractivity contribution is 8.00. The lowest BCUT2D eigenvalue weighted by Gasteiger charge is -2.20. The number of carboxylic acids is 1. The minimum Gasteiger partial charge on any atom is -0.480 e. The van der Waals surface area contributed by atoms with Crippen molar-refractivity contribution in [2.45, 2.75) is 43.9 Å². The van der Waals surface area contributed by atoms with Crippen LogP contribution in [0.25, 0.3) is 0 Å². The van der Waals surface area contributed by atoms with Gasteiger partial charge in [0.15, 0.2) is 0 Å². The first-order chi connectivity index (χ1) is 10.7. The topological polar surface area (TPSA) is 95.5 Å². The first kappa shape index (κ1) is 19.0. The molecule has 0 aliphatic heterocycles. The molecule has 1 aromatic rings. The summed E-state index contributed by atoms with van der Waals surface area (Å²) < 4.78 is 0. The molecule has 0 aliphatic rings. The SMILES string of the molecule is CC(=O)Nc1ccc(SC(C)C(=O)N[C@@H](C(=O)O)C(C)C)cc1. The van der Waals surface area contributed by atoms with Crippen LogP contribution in [0.4, 0.5) is 5.69 Å². The second-order valence-electron chi connectivity index (χ2n) is 5.53. The Hall–Kier alpha value is -2.02. The lowest BCUT2D eigenvalue weighted by atomic mass is 10.0. The van der Waals surface area contributed by atoms with E-state index in [1.54, 1.807) is 45.0 Å². The number of thioether (sulfide) groups is 1. The minimum atomic E-state index is -1.04. The van der Waals surface area contributed by atoms with Gasteiger partial charge in [-0.1, -0.05) is 13.8 Å². The van der Waals surface area contributed by atoms with Crippen molar-refractivity contribution in [1.82, 2.24) is 5.32 Å². The summed E-state index contributed by atoms with van der Waals surface area (Å²) in [6, 6.07) is 6.21. The summed E-state index contributed by atoms with van der Waals surface area (Å²) in [6.45, 7) is 6.65. The molecule has 1 rings (SSSR count). The molecule has 0 aliphatic carbocycles. The fourth-order valence-electron chi connectivity index (χ4n) is 1.86. The maximum Gasteiger partial charge on any atom is 0.326 e. The summed E-state index contributed by atoms with van der Waals surface area (Å²) in [7, 11) is 0. The van der Waals surface area contributed by atoms with Crippen LogP contribution >= 0.6 is 11.8 Å². The number of benzene rings is 1. The van der Waals surface area contributed by atoms with Crippen LogP contribution in [0.15, 0.2) is 29.2 Å². The standard InChI is InChI=1S/C16H22N2O4S/c1-9(2)14(16(21)22)18-15(20)10(3)23-13-7-5-12(6-8-13)17-11(4)19/h5-10,14H,1-4H3,(H,17,19)(H,18,20)(H,21,22)/t10?,14-/m1/s1. The van der Waals surface area contributed by atoms with Crippen LogP contribution in [0.5, 0.6) is 0 Å². The van der Waals surface area contributed by atoms with E-state index in [0.717, 1.165) is 4.90 Å². The Bertz CT molecular complexity index is 572. The van der Waals surface area contributed by atoms with Crippen molar-refractivity contribution < 1.29 is 19.5 Å². The van der Waals surface area contributed by atoms with E-state index in [4.69, 9.17) is 5.11 Å². The molecule has 0 bridgehead atoms. The van der Waals surface area contributed by atoms with Crippen LogP contribution in [0.1, 0.15) is 27.7 Å². The Morgan fingerprint density at radius 3 is 2.09 bits per heavy atom. The fraction of sp³-hybridized carbons (Fsp3) is 0.438. The van der Waals surface area contributed by atoms with Gasteiger partial charge in [-0.25, -0.2) is 4.79 Å². The molecule has 0 saturated heterocycles. The monoisotopic (exact) mass is 338 g/mol. The van der Waals surface area contributed by atoms with Crippen molar-refractivity contribution in [2.75, 3.05) is 5.32 Å². The van der Waals surface area contributed by atoms with Gasteiger partial charge in [-0.05, 0) is 37.1 Å². The van der Waals surface area contributed by atoms with E-state index in [2.05, 4.69) is 10.6 Å². The second-order valence-corrected chi connectivity index (χ2v) is 6.95. The Kier molecular flexibility index (Phi) is 7.09. The van der Waals surface area contributed by atoms with E-state index in [9.17, 15) is 14.4 Å². The Morgan fingerprint density at radius 1 is 1.09 bits per heavy atom. The number of carbonyl (C=O) groups is 3. The number of rotatable bonds is 7. The maximum absolute atomic E-state index is 12.1. The van der Waals surface area contributed by atoms with Crippen LogP contribution in [0.3, 0.4) is 0 Å². The number of hydrogen-bond donors (Lipinski definition) is 3. The number of carbonyl (C=O) groups excluding carboxylic acids is 2. The molecule has 2 atom stereocenters. The molecule has 23 heavy (non-hydrogen) atoms. The third-order valence-corrected chi connectivity index (χ3v) is 4.20. The van der Waals surface area contributed by atoms with Crippen molar-refractivity contribution in [3.8, 4) is 0 Å². The van der Waals surface area contributed by atoms with Gasteiger partial charge in [-0.2, -0.15) is 0 Å². The van der Waals surface area contributed by atoms with Crippen molar-refractivity contribution in [3.63, 3.8) is 0 Å². The van der Waals surface area contributed by atoms with E-state index < -0.39 is 17.3 Å². The van der Waals surface area contributed by atoms with Crippen molar-refractivity contribution in [2.24, 2.45) is 5.92 Å². The van der Waals surface area contributed by atoms with Gasteiger partial charge < -0.3 is 15.7 Å². The first-order valence-electron chi connectivity index (χ1n) is 7.28. The van der Waals surface area contributed by atoms with E-state index in [-0.39, 0.29) is 17.7 Å².